The van der Waals surface area contributed by atoms with Crippen LogP contribution in [-0.2, 0) is 4.79 Å². The van der Waals surface area contributed by atoms with Gasteiger partial charge in [0.1, 0.15) is 0 Å². The van der Waals surface area contributed by atoms with Crippen molar-refractivity contribution in [2.24, 2.45) is 0 Å². The maximum Gasteiger partial charge on any atom is 0.234 e. The largest absolute Gasteiger partial charge is 0.355 e. The minimum Gasteiger partial charge on any atom is -0.355 e. The molecule has 1 N–H and O–H groups in total. The molecular formula is C20H34N4O. The molecule has 1 fully saturated rings. The number of carbonyl (C=O) groups is 1. The summed E-state index contributed by atoms with van der Waals surface area (Å²) in [5.74, 6) is 0.120. The van der Waals surface area contributed by atoms with Crippen molar-refractivity contribution < 1.29 is 4.79 Å². The molecule has 0 spiro atoms. The second kappa shape index (κ2) is 9.90. The minimum absolute atomic E-state index is 0.120. The summed E-state index contributed by atoms with van der Waals surface area (Å²) in [6, 6.07) is 11.6. The number of hydrogen-bond donors (Lipinski definition) is 1. The molecule has 5 nitrogen and oxygen atoms in total. The highest BCUT2D eigenvalue weighted by atomic mass is 16.2. The second-order valence-electron chi connectivity index (χ2n) is 7.44. The van der Waals surface area contributed by atoms with Crippen molar-refractivity contribution in [3.8, 4) is 0 Å². The van der Waals surface area contributed by atoms with Crippen molar-refractivity contribution in [2.75, 3.05) is 53.4 Å². The zero-order chi connectivity index (χ0) is 18.2. The predicted octanol–water partition coefficient (Wildman–Crippen LogP) is 1.82. The van der Waals surface area contributed by atoms with Crippen molar-refractivity contribution >= 4 is 5.91 Å². The third-order valence-corrected chi connectivity index (χ3v) is 5.10. The Morgan fingerprint density at radius 1 is 1.28 bits per heavy atom. The highest BCUT2D eigenvalue weighted by molar-refractivity contribution is 5.77. The molecule has 2 rings (SSSR count). The van der Waals surface area contributed by atoms with E-state index >= 15 is 0 Å². The van der Waals surface area contributed by atoms with E-state index in [-0.39, 0.29) is 5.91 Å². The summed E-state index contributed by atoms with van der Waals surface area (Å²) in [6.07, 6.45) is 0.990. The summed E-state index contributed by atoms with van der Waals surface area (Å²) in [5.41, 5.74) is 1.39. The van der Waals surface area contributed by atoms with Crippen molar-refractivity contribution in [2.45, 2.75) is 32.4 Å². The first-order chi connectivity index (χ1) is 12.0. The van der Waals surface area contributed by atoms with E-state index in [0.29, 0.717) is 18.6 Å². The van der Waals surface area contributed by atoms with Gasteiger partial charge in [-0.1, -0.05) is 30.3 Å². The van der Waals surface area contributed by atoms with Gasteiger partial charge in [0.25, 0.3) is 0 Å². The first-order valence-corrected chi connectivity index (χ1v) is 9.42. The zero-order valence-electron chi connectivity index (χ0n) is 16.2. The number of piperazine rings is 1. The zero-order valence-corrected chi connectivity index (χ0v) is 16.2. The van der Waals surface area contributed by atoms with Crippen LogP contribution < -0.4 is 5.32 Å². The van der Waals surface area contributed by atoms with Crippen LogP contribution in [0.25, 0.3) is 0 Å². The number of amides is 1. The lowest BCUT2D eigenvalue weighted by Crippen LogP contribution is -2.47. The molecule has 1 saturated heterocycles. The summed E-state index contributed by atoms with van der Waals surface area (Å²) < 4.78 is 0. The van der Waals surface area contributed by atoms with Gasteiger partial charge < -0.3 is 10.2 Å². The first kappa shape index (κ1) is 19.9. The second-order valence-corrected chi connectivity index (χ2v) is 7.44. The molecule has 140 valence electrons. The Morgan fingerprint density at radius 3 is 2.68 bits per heavy atom. The van der Waals surface area contributed by atoms with Crippen LogP contribution in [0.2, 0.25) is 0 Å². The molecule has 1 atom stereocenters. The van der Waals surface area contributed by atoms with Crippen LogP contribution >= 0.6 is 0 Å². The quantitative estimate of drug-likeness (QED) is 0.729. The number of rotatable bonds is 8. The van der Waals surface area contributed by atoms with E-state index in [2.05, 4.69) is 71.2 Å². The molecule has 1 aromatic rings. The molecule has 1 amide bonds. The van der Waals surface area contributed by atoms with Gasteiger partial charge in [0, 0.05) is 44.8 Å². The monoisotopic (exact) mass is 346 g/mol. The van der Waals surface area contributed by atoms with E-state index in [1.54, 1.807) is 0 Å². The van der Waals surface area contributed by atoms with Crippen LogP contribution in [0.5, 0.6) is 0 Å². The molecule has 1 aliphatic rings. The lowest BCUT2D eigenvalue weighted by Gasteiger charge is -2.40. The van der Waals surface area contributed by atoms with E-state index in [0.717, 1.165) is 39.1 Å². The van der Waals surface area contributed by atoms with Crippen molar-refractivity contribution in [1.29, 1.82) is 0 Å². The lowest BCUT2D eigenvalue weighted by molar-refractivity contribution is -0.122. The number of benzene rings is 1. The van der Waals surface area contributed by atoms with Gasteiger partial charge in [-0.05, 0) is 39.9 Å². The number of nitrogens with zero attached hydrogens (tertiary/aromatic N) is 3. The Labute approximate surface area is 153 Å². The molecule has 0 saturated carbocycles. The Balaban J connectivity index is 1.77. The van der Waals surface area contributed by atoms with Crippen molar-refractivity contribution in [1.82, 2.24) is 20.0 Å². The van der Waals surface area contributed by atoms with E-state index in [9.17, 15) is 4.79 Å². The van der Waals surface area contributed by atoms with Crippen LogP contribution in [-0.4, -0.2) is 80.0 Å². The Bertz CT molecular complexity index is 520. The average Bonchev–Trinajstić information content (AvgIpc) is 2.60. The minimum atomic E-state index is 0.120. The number of carbonyl (C=O) groups excluding carboxylic acids is 1. The van der Waals surface area contributed by atoms with Crippen LogP contribution in [0.15, 0.2) is 30.3 Å². The van der Waals surface area contributed by atoms with Crippen LogP contribution in [0.4, 0.5) is 0 Å². The molecule has 1 aromatic carbocycles. The smallest absolute Gasteiger partial charge is 0.234 e. The maximum absolute atomic E-state index is 12.0. The van der Waals surface area contributed by atoms with Gasteiger partial charge >= 0.3 is 0 Å². The molecule has 5 heteroatoms. The third-order valence-electron chi connectivity index (χ3n) is 5.10. The summed E-state index contributed by atoms with van der Waals surface area (Å²) >= 11 is 0. The van der Waals surface area contributed by atoms with Crippen molar-refractivity contribution in [3.63, 3.8) is 0 Å². The first-order valence-electron chi connectivity index (χ1n) is 9.42. The fourth-order valence-corrected chi connectivity index (χ4v) is 3.19. The fourth-order valence-electron chi connectivity index (χ4n) is 3.19. The Morgan fingerprint density at radius 2 is 2.00 bits per heavy atom. The number of hydrogen-bond acceptors (Lipinski definition) is 4. The molecule has 0 aromatic heterocycles. The average molecular weight is 347 g/mol. The summed E-state index contributed by atoms with van der Waals surface area (Å²) in [5, 5.41) is 3.05. The highest BCUT2D eigenvalue weighted by Gasteiger charge is 2.25. The lowest BCUT2D eigenvalue weighted by atomic mass is 10.0. The number of nitrogens with one attached hydrogen (secondary N) is 1. The molecule has 0 unspecified atom stereocenters. The fraction of sp³-hybridized carbons (Fsp3) is 0.650. The predicted molar refractivity (Wildman–Crippen MR) is 104 cm³/mol. The topological polar surface area (TPSA) is 38.8 Å². The SMILES string of the molecule is CC(C)N(C)CC(=O)NCCCN1CCN(C)C[C@@H]1c1ccccc1. The molecule has 1 aliphatic heterocycles. The standard InChI is InChI=1S/C20H34N4O/c1-17(2)23(4)16-20(25)21-11-8-12-24-14-13-22(3)15-19(24)18-9-6-5-7-10-18/h5-7,9-10,17,19H,8,11-16H2,1-4H3,(H,21,25)/t19-/m1/s1. The van der Waals surface area contributed by atoms with Gasteiger partial charge in [-0.15, -0.1) is 0 Å². The Kier molecular flexibility index (Phi) is 7.88. The van der Waals surface area contributed by atoms with Gasteiger partial charge in [0.2, 0.25) is 5.91 Å². The van der Waals surface area contributed by atoms with Gasteiger partial charge in [-0.2, -0.15) is 0 Å². The van der Waals surface area contributed by atoms with E-state index < -0.39 is 0 Å². The van der Waals surface area contributed by atoms with Crippen LogP contribution in [0, 0.1) is 0 Å². The molecule has 25 heavy (non-hydrogen) atoms. The van der Waals surface area contributed by atoms with Crippen molar-refractivity contribution in [3.05, 3.63) is 35.9 Å². The van der Waals surface area contributed by atoms with E-state index in [1.165, 1.54) is 5.56 Å². The summed E-state index contributed by atoms with van der Waals surface area (Å²) in [4.78, 5) is 19.0. The van der Waals surface area contributed by atoms with Gasteiger partial charge in [0.05, 0.1) is 6.54 Å². The molecular weight excluding hydrogens is 312 g/mol. The Hall–Kier alpha value is -1.43. The molecule has 0 aliphatic carbocycles. The summed E-state index contributed by atoms with van der Waals surface area (Å²) in [6.45, 7) is 9.70. The molecule has 0 radical (unpaired) electrons. The van der Waals surface area contributed by atoms with Gasteiger partial charge in [-0.25, -0.2) is 0 Å². The van der Waals surface area contributed by atoms with E-state index in [1.807, 2.05) is 7.05 Å². The normalized spacial score (nSPS) is 19.5. The molecule has 0 bridgehead atoms. The van der Waals surface area contributed by atoms with Gasteiger partial charge in [0.15, 0.2) is 0 Å². The van der Waals surface area contributed by atoms with Crippen LogP contribution in [0.1, 0.15) is 31.9 Å². The maximum atomic E-state index is 12.0. The van der Waals surface area contributed by atoms with E-state index in [4.69, 9.17) is 0 Å². The third kappa shape index (κ3) is 6.42. The number of likely N-dealkylation sites (N-methyl/N-ethyl adjacent to an activating group) is 2. The molecule has 1 heterocycles. The highest BCUT2D eigenvalue weighted by Crippen LogP contribution is 2.24. The van der Waals surface area contributed by atoms with Crippen LogP contribution in [0.3, 0.4) is 0 Å². The van der Waals surface area contributed by atoms with Gasteiger partial charge in [-0.3, -0.25) is 14.6 Å². The summed E-state index contributed by atoms with van der Waals surface area (Å²) in [7, 11) is 4.18.